The SMILES string of the molecule is CC(C)NC(=O)C(CCCN1CCOCC1)N(C)C(=O)C1CCCN1C(=O)CCOC(=O)C1C[C@@H](C)CN1C=O. The average Bonchev–Trinajstić information content (AvgIpc) is 3.57. The van der Waals surface area contributed by atoms with Crippen LogP contribution in [-0.4, -0.2) is 133 Å². The number of nitrogens with zero attached hydrogens (tertiary/aromatic N) is 4. The number of amides is 4. The minimum Gasteiger partial charge on any atom is -0.464 e. The van der Waals surface area contributed by atoms with Crippen LogP contribution in [0.4, 0.5) is 0 Å². The molecule has 0 radical (unpaired) electrons. The van der Waals surface area contributed by atoms with Crippen molar-refractivity contribution in [3.05, 3.63) is 0 Å². The lowest BCUT2D eigenvalue weighted by Gasteiger charge is -2.33. The number of nitrogens with one attached hydrogen (secondary N) is 1. The molecule has 12 nitrogen and oxygen atoms in total. The summed E-state index contributed by atoms with van der Waals surface area (Å²) in [6.45, 7) is 10.5. The number of rotatable bonds is 13. The highest BCUT2D eigenvalue weighted by Crippen LogP contribution is 2.24. The molecule has 4 amide bonds. The van der Waals surface area contributed by atoms with Gasteiger partial charge in [-0.15, -0.1) is 0 Å². The summed E-state index contributed by atoms with van der Waals surface area (Å²) >= 11 is 0. The van der Waals surface area contributed by atoms with E-state index in [1.54, 1.807) is 11.9 Å². The molecule has 3 saturated heterocycles. The number of likely N-dealkylation sites (N-methyl/N-ethyl adjacent to an activating group) is 1. The summed E-state index contributed by atoms with van der Waals surface area (Å²) in [6, 6.07) is -1.96. The van der Waals surface area contributed by atoms with Crippen LogP contribution in [0.3, 0.4) is 0 Å². The van der Waals surface area contributed by atoms with Gasteiger partial charge in [-0.25, -0.2) is 4.79 Å². The van der Waals surface area contributed by atoms with Gasteiger partial charge in [0, 0.05) is 39.3 Å². The Morgan fingerprint density at radius 1 is 1.12 bits per heavy atom. The molecule has 40 heavy (non-hydrogen) atoms. The summed E-state index contributed by atoms with van der Waals surface area (Å²) in [7, 11) is 1.64. The van der Waals surface area contributed by atoms with Gasteiger partial charge in [-0.3, -0.25) is 24.1 Å². The molecule has 3 heterocycles. The number of esters is 1. The first-order valence-corrected chi connectivity index (χ1v) is 14.7. The van der Waals surface area contributed by atoms with E-state index in [2.05, 4.69) is 10.2 Å². The molecule has 3 aliphatic heterocycles. The van der Waals surface area contributed by atoms with E-state index >= 15 is 0 Å². The Kier molecular flexibility index (Phi) is 12.2. The zero-order valence-corrected chi connectivity index (χ0v) is 24.5. The highest BCUT2D eigenvalue weighted by molar-refractivity contribution is 5.92. The van der Waals surface area contributed by atoms with Crippen molar-refractivity contribution in [2.24, 2.45) is 5.92 Å². The Hall–Kier alpha value is -2.73. The first-order valence-electron chi connectivity index (χ1n) is 14.7. The van der Waals surface area contributed by atoms with Gasteiger partial charge in [0.1, 0.15) is 24.7 Å². The van der Waals surface area contributed by atoms with Crippen LogP contribution in [0.25, 0.3) is 0 Å². The molecular weight excluding hydrogens is 518 g/mol. The van der Waals surface area contributed by atoms with E-state index < -0.39 is 24.1 Å². The van der Waals surface area contributed by atoms with Crippen molar-refractivity contribution in [2.45, 2.75) is 83.5 Å². The molecule has 0 bridgehead atoms. The fourth-order valence-corrected chi connectivity index (χ4v) is 5.83. The number of carbonyl (C=O) groups is 5. The lowest BCUT2D eigenvalue weighted by Crippen LogP contribution is -2.54. The van der Waals surface area contributed by atoms with E-state index in [1.165, 1.54) is 9.80 Å². The second-order valence-electron chi connectivity index (χ2n) is 11.5. The molecule has 3 fully saturated rings. The van der Waals surface area contributed by atoms with Crippen LogP contribution >= 0.6 is 0 Å². The molecule has 0 saturated carbocycles. The van der Waals surface area contributed by atoms with Gasteiger partial charge in [-0.1, -0.05) is 6.92 Å². The molecule has 0 spiro atoms. The maximum atomic E-state index is 13.6. The molecule has 1 N–H and O–H groups in total. The van der Waals surface area contributed by atoms with Gasteiger partial charge in [-0.2, -0.15) is 0 Å². The Labute approximate surface area is 237 Å². The van der Waals surface area contributed by atoms with Crippen LogP contribution in [-0.2, 0) is 33.4 Å². The van der Waals surface area contributed by atoms with Crippen molar-refractivity contribution in [2.75, 3.05) is 59.6 Å². The second kappa shape index (κ2) is 15.3. The number of carbonyl (C=O) groups excluding carboxylic acids is 5. The van der Waals surface area contributed by atoms with Crippen molar-refractivity contribution >= 4 is 30.1 Å². The first kappa shape index (κ1) is 31.8. The molecule has 4 atom stereocenters. The molecule has 3 rings (SSSR count). The third-order valence-corrected chi connectivity index (χ3v) is 7.98. The topological polar surface area (TPSA) is 129 Å². The quantitative estimate of drug-likeness (QED) is 0.249. The third-order valence-electron chi connectivity index (χ3n) is 7.98. The van der Waals surface area contributed by atoms with Gasteiger partial charge in [0.15, 0.2) is 0 Å². The van der Waals surface area contributed by atoms with E-state index in [1.807, 2.05) is 20.8 Å². The smallest absolute Gasteiger partial charge is 0.328 e. The molecule has 0 aromatic heterocycles. The predicted molar refractivity (Wildman–Crippen MR) is 147 cm³/mol. The summed E-state index contributed by atoms with van der Waals surface area (Å²) < 4.78 is 10.7. The minimum atomic E-state index is -0.650. The Morgan fingerprint density at radius 3 is 2.52 bits per heavy atom. The molecule has 0 aromatic carbocycles. The summed E-state index contributed by atoms with van der Waals surface area (Å²) in [5.74, 6) is -1.00. The van der Waals surface area contributed by atoms with Crippen LogP contribution in [0.2, 0.25) is 0 Å². The third kappa shape index (κ3) is 8.63. The summed E-state index contributed by atoms with van der Waals surface area (Å²) in [6.07, 6.45) is 3.64. The van der Waals surface area contributed by atoms with Gasteiger partial charge in [0.2, 0.25) is 24.1 Å². The molecular formula is C28H47N5O7. The average molecular weight is 566 g/mol. The Bertz CT molecular complexity index is 894. The fraction of sp³-hybridized carbons (Fsp3) is 0.821. The molecule has 0 aliphatic carbocycles. The lowest BCUT2D eigenvalue weighted by molar-refractivity contribution is -0.153. The predicted octanol–water partition coefficient (Wildman–Crippen LogP) is 0.242. The highest BCUT2D eigenvalue weighted by Gasteiger charge is 2.39. The molecule has 12 heteroatoms. The normalized spacial score (nSPS) is 24.2. The lowest BCUT2D eigenvalue weighted by atomic mass is 10.1. The van der Waals surface area contributed by atoms with Gasteiger partial charge in [0.05, 0.1) is 19.6 Å². The summed E-state index contributed by atoms with van der Waals surface area (Å²) in [5, 5.41) is 2.94. The monoisotopic (exact) mass is 565 g/mol. The van der Waals surface area contributed by atoms with Gasteiger partial charge in [0.25, 0.3) is 0 Å². The largest absolute Gasteiger partial charge is 0.464 e. The van der Waals surface area contributed by atoms with Crippen LogP contribution in [0.1, 0.15) is 59.3 Å². The van der Waals surface area contributed by atoms with E-state index in [9.17, 15) is 24.0 Å². The van der Waals surface area contributed by atoms with E-state index in [4.69, 9.17) is 9.47 Å². The molecule has 0 aromatic rings. The highest BCUT2D eigenvalue weighted by atomic mass is 16.5. The zero-order chi connectivity index (χ0) is 29.2. The Balaban J connectivity index is 1.55. The number of likely N-dealkylation sites (tertiary alicyclic amines) is 2. The van der Waals surface area contributed by atoms with Gasteiger partial charge >= 0.3 is 5.97 Å². The van der Waals surface area contributed by atoms with Gasteiger partial charge < -0.3 is 29.5 Å². The van der Waals surface area contributed by atoms with Crippen LogP contribution in [0.15, 0.2) is 0 Å². The van der Waals surface area contributed by atoms with E-state index in [0.717, 1.165) is 26.1 Å². The standard InChI is InChI=1S/C28H47N5O7/c1-20(2)29-26(36)22(7-5-10-31-12-15-39-16-13-31)30(4)27(37)23-8-6-11-33(23)25(35)9-14-40-28(38)24-17-21(3)18-32(24)19-34/h19-24H,5-18H2,1-4H3,(H,29,36)/t21-,22?,23?,24?/m1/s1. The molecule has 3 aliphatic rings. The van der Waals surface area contributed by atoms with Crippen LogP contribution in [0.5, 0.6) is 0 Å². The van der Waals surface area contributed by atoms with Crippen LogP contribution in [0, 0.1) is 5.92 Å². The molecule has 226 valence electrons. The van der Waals surface area contributed by atoms with E-state index in [-0.39, 0.29) is 42.7 Å². The molecule has 3 unspecified atom stereocenters. The number of ether oxygens (including phenoxy) is 2. The number of hydrogen-bond donors (Lipinski definition) is 1. The van der Waals surface area contributed by atoms with Crippen LogP contribution < -0.4 is 5.32 Å². The van der Waals surface area contributed by atoms with Crippen molar-refractivity contribution in [3.8, 4) is 0 Å². The van der Waals surface area contributed by atoms with Crippen molar-refractivity contribution in [1.29, 1.82) is 0 Å². The summed E-state index contributed by atoms with van der Waals surface area (Å²) in [4.78, 5) is 70.3. The fourth-order valence-electron chi connectivity index (χ4n) is 5.83. The van der Waals surface area contributed by atoms with E-state index in [0.29, 0.717) is 58.4 Å². The van der Waals surface area contributed by atoms with Crippen molar-refractivity contribution < 1.29 is 33.4 Å². The zero-order valence-electron chi connectivity index (χ0n) is 24.5. The number of hydrogen-bond acceptors (Lipinski definition) is 8. The maximum Gasteiger partial charge on any atom is 0.328 e. The Morgan fingerprint density at radius 2 is 1.85 bits per heavy atom. The minimum absolute atomic E-state index is 0.0423. The summed E-state index contributed by atoms with van der Waals surface area (Å²) in [5.41, 5.74) is 0. The van der Waals surface area contributed by atoms with Gasteiger partial charge in [-0.05, 0) is 58.4 Å². The first-order chi connectivity index (χ1) is 19.1. The van der Waals surface area contributed by atoms with Crippen molar-refractivity contribution in [1.82, 2.24) is 24.9 Å². The maximum absolute atomic E-state index is 13.6. The second-order valence-corrected chi connectivity index (χ2v) is 11.5. The number of morpholine rings is 1. The van der Waals surface area contributed by atoms with Crippen molar-refractivity contribution in [3.63, 3.8) is 0 Å².